The quantitative estimate of drug-likeness (QED) is 0.275. The van der Waals surface area contributed by atoms with E-state index in [-0.39, 0.29) is 17.2 Å². The molecule has 0 saturated heterocycles. The van der Waals surface area contributed by atoms with E-state index in [1.165, 1.54) is 30.3 Å². The fraction of sp³-hybridized carbons (Fsp3) is 0.0556. The normalized spacial score (nSPS) is 11.6. The van der Waals surface area contributed by atoms with E-state index >= 15 is 0 Å². The maximum Gasteiger partial charge on any atom is 0.269 e. The number of allylic oxidation sites excluding steroid dienone is 2. The number of rotatable bonds is 6. The number of carbonyl (C=O) groups is 1. The summed E-state index contributed by atoms with van der Waals surface area (Å²) in [5, 5.41) is 20.5. The number of nitrogens with zero attached hydrogens (tertiary/aromatic N) is 1. The van der Waals surface area contributed by atoms with E-state index in [1.807, 2.05) is 30.5 Å². The molecule has 2 aromatic rings. The van der Waals surface area contributed by atoms with Gasteiger partial charge in [-0.15, -0.1) is 11.8 Å². The second kappa shape index (κ2) is 8.12. The van der Waals surface area contributed by atoms with Gasteiger partial charge in [-0.3, -0.25) is 14.9 Å². The van der Waals surface area contributed by atoms with Crippen LogP contribution in [0.25, 0.3) is 11.8 Å². The number of aliphatic hydroxyl groups excluding tert-OH is 1. The van der Waals surface area contributed by atoms with E-state index in [2.05, 4.69) is 0 Å². The first kappa shape index (κ1) is 17.5. The standard InChI is InChI=1S/C18H15NO4S/c1-24-17-10-3-13(4-11-17)2-9-16(20)12-18(21)14-5-7-15(8-6-14)19(22)23/h2-12,21H,1H3. The maximum atomic E-state index is 11.9. The Hall–Kier alpha value is -2.86. The van der Waals surface area contributed by atoms with Crippen molar-refractivity contribution < 1.29 is 14.8 Å². The zero-order valence-electron chi connectivity index (χ0n) is 12.9. The van der Waals surface area contributed by atoms with Crippen LogP contribution in [0.2, 0.25) is 0 Å². The summed E-state index contributed by atoms with van der Waals surface area (Å²) in [4.78, 5) is 23.1. The third-order valence-corrected chi connectivity index (χ3v) is 3.95. The maximum absolute atomic E-state index is 11.9. The molecule has 0 aliphatic heterocycles. The molecule has 0 heterocycles. The molecule has 0 amide bonds. The average molecular weight is 341 g/mol. The SMILES string of the molecule is CSc1ccc(C=CC(=O)C=C(O)c2ccc([N+](=O)[O-])cc2)cc1. The van der Waals surface area contributed by atoms with Crippen LogP contribution in [-0.2, 0) is 4.79 Å². The van der Waals surface area contributed by atoms with Gasteiger partial charge in [0.2, 0.25) is 0 Å². The molecule has 24 heavy (non-hydrogen) atoms. The van der Waals surface area contributed by atoms with Crippen molar-refractivity contribution in [1.29, 1.82) is 0 Å². The molecule has 122 valence electrons. The van der Waals surface area contributed by atoms with Crippen LogP contribution in [0, 0.1) is 10.1 Å². The number of nitro groups is 1. The Morgan fingerprint density at radius 2 is 1.75 bits per heavy atom. The Morgan fingerprint density at radius 1 is 1.12 bits per heavy atom. The van der Waals surface area contributed by atoms with E-state index in [1.54, 1.807) is 17.8 Å². The molecule has 0 bridgehead atoms. The highest BCUT2D eigenvalue weighted by molar-refractivity contribution is 7.98. The predicted octanol–water partition coefficient (Wildman–Crippen LogP) is 4.50. The first-order valence-electron chi connectivity index (χ1n) is 7.01. The van der Waals surface area contributed by atoms with Gasteiger partial charge >= 0.3 is 0 Å². The number of benzene rings is 2. The molecule has 0 aromatic heterocycles. The predicted molar refractivity (Wildman–Crippen MR) is 96.0 cm³/mol. The highest BCUT2D eigenvalue weighted by atomic mass is 32.2. The van der Waals surface area contributed by atoms with E-state index in [0.29, 0.717) is 5.56 Å². The van der Waals surface area contributed by atoms with Gasteiger partial charge in [-0.25, -0.2) is 0 Å². The van der Waals surface area contributed by atoms with Gasteiger partial charge in [-0.2, -0.15) is 0 Å². The van der Waals surface area contributed by atoms with Crippen LogP contribution < -0.4 is 0 Å². The molecule has 0 radical (unpaired) electrons. The number of nitro benzene ring substituents is 1. The van der Waals surface area contributed by atoms with Crippen molar-refractivity contribution in [3.63, 3.8) is 0 Å². The van der Waals surface area contributed by atoms with Crippen LogP contribution >= 0.6 is 11.8 Å². The molecule has 0 spiro atoms. The minimum Gasteiger partial charge on any atom is -0.507 e. The van der Waals surface area contributed by atoms with Gasteiger partial charge in [0.1, 0.15) is 5.76 Å². The summed E-state index contributed by atoms with van der Waals surface area (Å²) in [6.45, 7) is 0. The van der Waals surface area contributed by atoms with Gasteiger partial charge in [0.05, 0.1) is 4.92 Å². The Kier molecular flexibility index (Phi) is 5.92. The molecule has 2 rings (SSSR count). The molecule has 1 N–H and O–H groups in total. The lowest BCUT2D eigenvalue weighted by Gasteiger charge is -1.99. The Morgan fingerprint density at radius 3 is 2.29 bits per heavy atom. The summed E-state index contributed by atoms with van der Waals surface area (Å²) in [6.07, 6.45) is 6.08. The van der Waals surface area contributed by atoms with Gasteiger partial charge in [0.15, 0.2) is 5.78 Å². The number of thioether (sulfide) groups is 1. The van der Waals surface area contributed by atoms with Gasteiger partial charge in [-0.05, 0) is 42.2 Å². The lowest BCUT2D eigenvalue weighted by molar-refractivity contribution is -0.384. The lowest BCUT2D eigenvalue weighted by Crippen LogP contribution is -1.92. The Balaban J connectivity index is 2.06. The summed E-state index contributed by atoms with van der Waals surface area (Å²) in [7, 11) is 0. The smallest absolute Gasteiger partial charge is 0.269 e. The fourth-order valence-corrected chi connectivity index (χ4v) is 2.32. The summed E-state index contributed by atoms with van der Waals surface area (Å²) >= 11 is 1.63. The van der Waals surface area contributed by atoms with Crippen LogP contribution in [0.3, 0.4) is 0 Å². The van der Waals surface area contributed by atoms with Crippen LogP contribution in [0.5, 0.6) is 0 Å². The van der Waals surface area contributed by atoms with Crippen molar-refractivity contribution in [2.45, 2.75) is 4.90 Å². The number of hydrogen-bond acceptors (Lipinski definition) is 5. The molecule has 2 aromatic carbocycles. The van der Waals surface area contributed by atoms with E-state index in [4.69, 9.17) is 0 Å². The second-order valence-electron chi connectivity index (χ2n) is 4.84. The molecule has 5 nitrogen and oxygen atoms in total. The van der Waals surface area contributed by atoms with Crippen molar-refractivity contribution >= 4 is 35.1 Å². The van der Waals surface area contributed by atoms with Gasteiger partial charge < -0.3 is 5.11 Å². The molecule has 0 aliphatic rings. The van der Waals surface area contributed by atoms with Crippen LogP contribution in [0.1, 0.15) is 11.1 Å². The van der Waals surface area contributed by atoms with Crippen LogP contribution in [0.15, 0.2) is 65.6 Å². The molecule has 0 fully saturated rings. The molecular weight excluding hydrogens is 326 g/mol. The monoisotopic (exact) mass is 341 g/mol. The lowest BCUT2D eigenvalue weighted by atomic mass is 10.1. The van der Waals surface area contributed by atoms with Crippen molar-refractivity contribution in [1.82, 2.24) is 0 Å². The van der Waals surface area contributed by atoms with E-state index in [9.17, 15) is 20.0 Å². The summed E-state index contributed by atoms with van der Waals surface area (Å²) in [6, 6.07) is 13.0. The number of carbonyl (C=O) groups excluding carboxylic acids is 1. The molecule has 0 unspecified atom stereocenters. The Bertz CT molecular complexity index is 793. The summed E-state index contributed by atoms with van der Waals surface area (Å²) < 4.78 is 0. The molecular formula is C18H15NO4S. The zero-order valence-corrected chi connectivity index (χ0v) is 13.7. The number of hydrogen-bond donors (Lipinski definition) is 1. The summed E-state index contributed by atoms with van der Waals surface area (Å²) in [5.41, 5.74) is 1.14. The third kappa shape index (κ3) is 4.82. The fourth-order valence-electron chi connectivity index (χ4n) is 1.91. The number of aliphatic hydroxyl groups is 1. The topological polar surface area (TPSA) is 80.4 Å². The number of ketones is 1. The van der Waals surface area contributed by atoms with Gasteiger partial charge in [0, 0.05) is 28.7 Å². The summed E-state index contributed by atoms with van der Waals surface area (Å²) in [5.74, 6) is -0.614. The third-order valence-electron chi connectivity index (χ3n) is 3.21. The second-order valence-corrected chi connectivity index (χ2v) is 5.72. The van der Waals surface area contributed by atoms with Crippen LogP contribution in [0.4, 0.5) is 5.69 Å². The van der Waals surface area contributed by atoms with Crippen molar-refractivity contribution in [3.8, 4) is 0 Å². The largest absolute Gasteiger partial charge is 0.507 e. The van der Waals surface area contributed by atoms with Crippen molar-refractivity contribution in [2.75, 3.05) is 6.26 Å². The highest BCUT2D eigenvalue weighted by Gasteiger charge is 2.06. The van der Waals surface area contributed by atoms with Crippen molar-refractivity contribution in [2.24, 2.45) is 0 Å². The Labute approximate surface area is 143 Å². The number of non-ortho nitro benzene ring substituents is 1. The van der Waals surface area contributed by atoms with Crippen molar-refractivity contribution in [3.05, 3.63) is 81.9 Å². The average Bonchev–Trinajstić information content (AvgIpc) is 2.60. The molecule has 0 aliphatic carbocycles. The molecule has 0 saturated carbocycles. The van der Waals surface area contributed by atoms with Crippen LogP contribution in [-0.4, -0.2) is 22.1 Å². The minimum atomic E-state index is -0.527. The first-order chi connectivity index (χ1) is 11.5. The van der Waals surface area contributed by atoms with Gasteiger partial charge in [-0.1, -0.05) is 18.2 Å². The molecule has 6 heteroatoms. The zero-order chi connectivity index (χ0) is 17.5. The minimum absolute atomic E-state index is 0.0774. The molecule has 0 atom stereocenters. The first-order valence-corrected chi connectivity index (χ1v) is 8.23. The van der Waals surface area contributed by atoms with E-state index in [0.717, 1.165) is 16.5 Å². The van der Waals surface area contributed by atoms with Gasteiger partial charge in [0.25, 0.3) is 5.69 Å². The van der Waals surface area contributed by atoms with E-state index < -0.39 is 4.92 Å². The highest BCUT2D eigenvalue weighted by Crippen LogP contribution is 2.18.